The quantitative estimate of drug-likeness (QED) is 0.371. The summed E-state index contributed by atoms with van der Waals surface area (Å²) in [5, 5.41) is 7.24. The van der Waals surface area contributed by atoms with Crippen LogP contribution in [0.2, 0.25) is 0 Å². The molecule has 3 N–H and O–H groups in total. The van der Waals surface area contributed by atoms with Gasteiger partial charge in [-0.15, -0.1) is 24.0 Å². The normalized spacial score (nSPS) is 11.4. The minimum absolute atomic E-state index is 0. The summed E-state index contributed by atoms with van der Waals surface area (Å²) in [5.41, 5.74) is 9.15. The molecule has 2 rings (SSSR count). The number of benzene rings is 1. The fraction of sp³-hybridized carbons (Fsp3) is 0.444. The molecule has 0 radical (unpaired) electrons. The molecule has 2 aromatic rings. The lowest BCUT2D eigenvalue weighted by molar-refractivity contribution is 0.372. The molecule has 1 aromatic heterocycles. The Labute approximate surface area is 161 Å². The van der Waals surface area contributed by atoms with Crippen molar-refractivity contribution in [3.05, 3.63) is 47.3 Å². The molecule has 0 aliphatic heterocycles. The lowest BCUT2D eigenvalue weighted by atomic mass is 9.99. The van der Waals surface area contributed by atoms with Crippen molar-refractivity contribution in [3.63, 3.8) is 0 Å². The van der Waals surface area contributed by atoms with E-state index < -0.39 is 0 Å². The third-order valence-electron chi connectivity index (χ3n) is 3.99. The van der Waals surface area contributed by atoms with Crippen LogP contribution in [-0.4, -0.2) is 11.1 Å². The smallest absolute Gasteiger partial charge is 0.193 e. The highest BCUT2D eigenvalue weighted by Gasteiger charge is 2.12. The molecule has 0 saturated carbocycles. The van der Waals surface area contributed by atoms with Crippen LogP contribution in [0.4, 0.5) is 5.69 Å². The van der Waals surface area contributed by atoms with Crippen LogP contribution in [0, 0.1) is 0 Å². The minimum atomic E-state index is 0. The van der Waals surface area contributed by atoms with Crippen LogP contribution in [-0.2, 0) is 13.0 Å². The van der Waals surface area contributed by atoms with Gasteiger partial charge in [-0.25, -0.2) is 4.99 Å². The zero-order valence-corrected chi connectivity index (χ0v) is 16.9. The van der Waals surface area contributed by atoms with Crippen molar-refractivity contribution in [1.82, 2.24) is 5.16 Å². The Morgan fingerprint density at radius 3 is 2.67 bits per heavy atom. The molecule has 1 aromatic carbocycles. The van der Waals surface area contributed by atoms with Crippen molar-refractivity contribution in [2.45, 2.75) is 52.5 Å². The molecule has 0 spiro atoms. The van der Waals surface area contributed by atoms with Crippen molar-refractivity contribution >= 4 is 35.6 Å². The van der Waals surface area contributed by atoms with E-state index in [1.165, 1.54) is 5.56 Å². The predicted octanol–water partition coefficient (Wildman–Crippen LogP) is 4.69. The third kappa shape index (κ3) is 5.81. The number of aryl methyl sites for hydroxylation is 1. The summed E-state index contributed by atoms with van der Waals surface area (Å²) in [5.74, 6) is 1.56. The van der Waals surface area contributed by atoms with Crippen molar-refractivity contribution < 1.29 is 4.52 Å². The van der Waals surface area contributed by atoms with Gasteiger partial charge in [0.05, 0.1) is 5.69 Å². The first-order chi connectivity index (χ1) is 11.2. The van der Waals surface area contributed by atoms with Crippen LogP contribution in [0.15, 0.2) is 39.8 Å². The standard InChI is InChI=1S/C18H26N4O.HI/c1-4-13-8-7-9-15(10-13)21-18(19)20-12-16-11-17(22-23-16)14(5-2)6-3;/h7-11,14H,4-6,12H2,1-3H3,(H3,19,20,21);1H. The highest BCUT2D eigenvalue weighted by molar-refractivity contribution is 14.0. The molecule has 6 heteroatoms. The Morgan fingerprint density at radius 1 is 1.25 bits per heavy atom. The lowest BCUT2D eigenvalue weighted by Crippen LogP contribution is -2.22. The highest BCUT2D eigenvalue weighted by Crippen LogP contribution is 2.22. The summed E-state index contributed by atoms with van der Waals surface area (Å²) in [6.45, 7) is 6.83. The first-order valence-corrected chi connectivity index (χ1v) is 8.27. The molecule has 0 atom stereocenters. The van der Waals surface area contributed by atoms with E-state index in [1.807, 2.05) is 18.2 Å². The Bertz CT molecular complexity index is 650. The zero-order chi connectivity index (χ0) is 16.7. The van der Waals surface area contributed by atoms with E-state index in [0.717, 1.165) is 36.4 Å². The summed E-state index contributed by atoms with van der Waals surface area (Å²) < 4.78 is 5.35. The summed E-state index contributed by atoms with van der Waals surface area (Å²) in [4.78, 5) is 4.32. The number of rotatable bonds is 7. The number of guanidine groups is 1. The average Bonchev–Trinajstić information content (AvgIpc) is 3.03. The van der Waals surface area contributed by atoms with E-state index in [2.05, 4.69) is 48.4 Å². The fourth-order valence-electron chi connectivity index (χ4n) is 2.52. The van der Waals surface area contributed by atoms with Gasteiger partial charge in [0.25, 0.3) is 0 Å². The molecule has 0 saturated heterocycles. The SMILES string of the molecule is CCc1cccc(NC(N)=NCc2cc(C(CC)CC)no2)c1.I. The Hall–Kier alpha value is -1.57. The van der Waals surface area contributed by atoms with E-state index in [-0.39, 0.29) is 24.0 Å². The maximum atomic E-state index is 5.94. The minimum Gasteiger partial charge on any atom is -0.370 e. The number of hydrogen-bond acceptors (Lipinski definition) is 3. The van der Waals surface area contributed by atoms with E-state index in [0.29, 0.717) is 18.4 Å². The van der Waals surface area contributed by atoms with Crippen LogP contribution in [0.3, 0.4) is 0 Å². The van der Waals surface area contributed by atoms with Gasteiger partial charge in [-0.2, -0.15) is 0 Å². The maximum absolute atomic E-state index is 5.94. The molecule has 0 aliphatic rings. The number of anilines is 1. The van der Waals surface area contributed by atoms with Gasteiger partial charge >= 0.3 is 0 Å². The first kappa shape index (κ1) is 20.5. The molecule has 1 heterocycles. The van der Waals surface area contributed by atoms with Gasteiger partial charge in [0.2, 0.25) is 0 Å². The summed E-state index contributed by atoms with van der Waals surface area (Å²) in [6, 6.07) is 10.1. The van der Waals surface area contributed by atoms with Gasteiger partial charge in [0.1, 0.15) is 6.54 Å². The number of aliphatic imine (C=N–C) groups is 1. The number of halogens is 1. The Morgan fingerprint density at radius 2 is 2.00 bits per heavy atom. The molecule has 0 fully saturated rings. The average molecular weight is 442 g/mol. The Kier molecular flexibility index (Phi) is 8.81. The predicted molar refractivity (Wildman–Crippen MR) is 110 cm³/mol. The highest BCUT2D eigenvalue weighted by atomic mass is 127. The number of hydrogen-bond donors (Lipinski definition) is 2. The molecule has 0 bridgehead atoms. The van der Waals surface area contributed by atoms with Gasteiger partial charge in [-0.3, -0.25) is 0 Å². The molecule has 132 valence electrons. The fourth-order valence-corrected chi connectivity index (χ4v) is 2.52. The van der Waals surface area contributed by atoms with Crippen LogP contribution in [0.1, 0.15) is 56.5 Å². The van der Waals surface area contributed by atoms with Crippen molar-refractivity contribution in [2.24, 2.45) is 10.7 Å². The molecule has 0 amide bonds. The second-order valence-corrected chi connectivity index (χ2v) is 5.61. The van der Waals surface area contributed by atoms with Gasteiger partial charge in [-0.05, 0) is 37.0 Å². The van der Waals surface area contributed by atoms with Crippen molar-refractivity contribution in [3.8, 4) is 0 Å². The summed E-state index contributed by atoms with van der Waals surface area (Å²) >= 11 is 0. The van der Waals surface area contributed by atoms with E-state index in [1.54, 1.807) is 0 Å². The number of nitrogens with zero attached hydrogens (tertiary/aromatic N) is 2. The van der Waals surface area contributed by atoms with E-state index in [9.17, 15) is 0 Å². The number of nitrogens with one attached hydrogen (secondary N) is 1. The van der Waals surface area contributed by atoms with Crippen LogP contribution < -0.4 is 11.1 Å². The molecular weight excluding hydrogens is 415 g/mol. The molecule has 0 aliphatic carbocycles. The number of aromatic nitrogens is 1. The third-order valence-corrected chi connectivity index (χ3v) is 3.99. The van der Waals surface area contributed by atoms with Crippen molar-refractivity contribution in [2.75, 3.05) is 5.32 Å². The molecule has 0 unspecified atom stereocenters. The van der Waals surface area contributed by atoms with Gasteiger partial charge in [-0.1, -0.05) is 38.1 Å². The van der Waals surface area contributed by atoms with Crippen LogP contribution in [0.25, 0.3) is 0 Å². The second-order valence-electron chi connectivity index (χ2n) is 5.61. The molecule has 24 heavy (non-hydrogen) atoms. The summed E-state index contributed by atoms with van der Waals surface area (Å²) in [6.07, 6.45) is 3.11. The lowest BCUT2D eigenvalue weighted by Gasteiger charge is -2.06. The van der Waals surface area contributed by atoms with Crippen molar-refractivity contribution in [1.29, 1.82) is 0 Å². The van der Waals surface area contributed by atoms with Gasteiger partial charge < -0.3 is 15.6 Å². The zero-order valence-electron chi connectivity index (χ0n) is 14.6. The maximum Gasteiger partial charge on any atom is 0.193 e. The topological polar surface area (TPSA) is 76.4 Å². The van der Waals surface area contributed by atoms with Gasteiger partial charge in [0, 0.05) is 17.7 Å². The number of nitrogens with two attached hydrogens (primary N) is 1. The monoisotopic (exact) mass is 442 g/mol. The van der Waals surface area contributed by atoms with Crippen LogP contribution in [0.5, 0.6) is 0 Å². The Balaban J connectivity index is 0.00000288. The first-order valence-electron chi connectivity index (χ1n) is 8.27. The van der Waals surface area contributed by atoms with Crippen LogP contribution >= 0.6 is 24.0 Å². The molecule has 5 nitrogen and oxygen atoms in total. The van der Waals surface area contributed by atoms with E-state index >= 15 is 0 Å². The molecular formula is C18H27IN4O. The summed E-state index contributed by atoms with van der Waals surface area (Å²) in [7, 11) is 0. The van der Waals surface area contributed by atoms with E-state index in [4.69, 9.17) is 10.3 Å². The second kappa shape index (κ2) is 10.3. The largest absolute Gasteiger partial charge is 0.370 e. The van der Waals surface area contributed by atoms with Gasteiger partial charge in [0.15, 0.2) is 11.7 Å².